The van der Waals surface area contributed by atoms with Crippen LogP contribution in [0, 0.1) is 0 Å². The van der Waals surface area contributed by atoms with Crippen LogP contribution in [-0.4, -0.2) is 26.5 Å². The second-order valence-electron chi connectivity index (χ2n) is 5.05. The molecule has 1 rings (SSSR count). The van der Waals surface area contributed by atoms with Gasteiger partial charge in [-0.2, -0.15) is 0 Å². The third-order valence-electron chi connectivity index (χ3n) is 3.23. The van der Waals surface area contributed by atoms with Crippen LogP contribution in [0.2, 0.25) is 0 Å². The highest BCUT2D eigenvalue weighted by atomic mass is 32.2. The van der Waals surface area contributed by atoms with Crippen LogP contribution in [0.3, 0.4) is 0 Å². The molecule has 5 nitrogen and oxygen atoms in total. The van der Waals surface area contributed by atoms with Crippen molar-refractivity contribution in [2.75, 3.05) is 18.4 Å². The largest absolute Gasteiger partial charge is 0.369 e. The van der Waals surface area contributed by atoms with Crippen molar-refractivity contribution in [2.45, 2.75) is 57.3 Å². The SMILES string of the molecule is CCCCCCCCNS(=O)(=O)c1cccnc1NCC. The van der Waals surface area contributed by atoms with Gasteiger partial charge in [0.05, 0.1) is 0 Å². The number of nitrogens with one attached hydrogen (secondary N) is 2. The Morgan fingerprint density at radius 1 is 1.10 bits per heavy atom. The van der Waals surface area contributed by atoms with Crippen molar-refractivity contribution in [2.24, 2.45) is 0 Å². The van der Waals surface area contributed by atoms with E-state index >= 15 is 0 Å². The Hall–Kier alpha value is -1.14. The minimum Gasteiger partial charge on any atom is -0.369 e. The molecular formula is C15H27N3O2S. The van der Waals surface area contributed by atoms with Crippen LogP contribution in [0.4, 0.5) is 5.82 Å². The van der Waals surface area contributed by atoms with Gasteiger partial charge in [-0.3, -0.25) is 0 Å². The normalized spacial score (nSPS) is 11.5. The van der Waals surface area contributed by atoms with E-state index in [-0.39, 0.29) is 4.90 Å². The predicted molar refractivity (Wildman–Crippen MR) is 87.0 cm³/mol. The molecule has 1 aromatic rings. The number of nitrogens with zero attached hydrogens (tertiary/aromatic N) is 1. The maximum absolute atomic E-state index is 12.3. The Labute approximate surface area is 128 Å². The number of aromatic nitrogens is 1. The molecule has 6 heteroatoms. The number of pyridine rings is 1. The first-order valence-electron chi connectivity index (χ1n) is 7.80. The fourth-order valence-corrected chi connectivity index (χ4v) is 3.30. The molecule has 0 bridgehead atoms. The topological polar surface area (TPSA) is 71.1 Å². The number of sulfonamides is 1. The van der Waals surface area contributed by atoms with Crippen LogP contribution in [0.1, 0.15) is 52.4 Å². The second-order valence-corrected chi connectivity index (χ2v) is 6.78. The summed E-state index contributed by atoms with van der Waals surface area (Å²) >= 11 is 0. The van der Waals surface area contributed by atoms with E-state index in [9.17, 15) is 8.42 Å². The maximum Gasteiger partial charge on any atom is 0.244 e. The van der Waals surface area contributed by atoms with Crippen molar-refractivity contribution in [1.29, 1.82) is 0 Å². The highest BCUT2D eigenvalue weighted by Gasteiger charge is 2.18. The number of rotatable bonds is 11. The Kier molecular flexibility index (Phi) is 8.30. The number of hydrogen-bond acceptors (Lipinski definition) is 4. The van der Waals surface area contributed by atoms with Crippen molar-refractivity contribution in [3.05, 3.63) is 18.3 Å². The summed E-state index contributed by atoms with van der Waals surface area (Å²) < 4.78 is 27.2. The lowest BCUT2D eigenvalue weighted by atomic mass is 10.1. The van der Waals surface area contributed by atoms with Crippen LogP contribution in [-0.2, 0) is 10.0 Å². The maximum atomic E-state index is 12.3. The van der Waals surface area contributed by atoms with Gasteiger partial charge >= 0.3 is 0 Å². The Balaban J connectivity index is 2.46. The zero-order chi connectivity index (χ0) is 15.6. The number of unbranched alkanes of at least 4 members (excludes halogenated alkanes) is 5. The molecule has 0 saturated heterocycles. The van der Waals surface area contributed by atoms with Gasteiger partial charge in [-0.25, -0.2) is 18.1 Å². The van der Waals surface area contributed by atoms with Crippen molar-refractivity contribution in [1.82, 2.24) is 9.71 Å². The van der Waals surface area contributed by atoms with E-state index in [1.54, 1.807) is 18.3 Å². The first-order valence-corrected chi connectivity index (χ1v) is 9.28. The summed E-state index contributed by atoms with van der Waals surface area (Å²) in [5, 5.41) is 2.98. The summed E-state index contributed by atoms with van der Waals surface area (Å²) in [6.07, 6.45) is 8.41. The van der Waals surface area contributed by atoms with E-state index in [1.165, 1.54) is 25.7 Å². The summed E-state index contributed by atoms with van der Waals surface area (Å²) in [5.74, 6) is 0.412. The molecule has 0 spiro atoms. The van der Waals surface area contributed by atoms with Crippen LogP contribution in [0.15, 0.2) is 23.2 Å². The first-order chi connectivity index (χ1) is 10.1. The predicted octanol–water partition coefficient (Wildman–Crippen LogP) is 3.15. The summed E-state index contributed by atoms with van der Waals surface area (Å²) in [6, 6.07) is 3.22. The molecule has 1 aromatic heterocycles. The lowest BCUT2D eigenvalue weighted by Crippen LogP contribution is -2.26. The fourth-order valence-electron chi connectivity index (χ4n) is 2.10. The van der Waals surface area contributed by atoms with Gasteiger partial charge in [0.2, 0.25) is 10.0 Å². The average Bonchev–Trinajstić information content (AvgIpc) is 2.47. The van der Waals surface area contributed by atoms with Crippen molar-refractivity contribution in [3.8, 4) is 0 Å². The van der Waals surface area contributed by atoms with Crippen LogP contribution in [0.5, 0.6) is 0 Å². The zero-order valence-corrected chi connectivity index (χ0v) is 13.9. The minimum atomic E-state index is -3.49. The lowest BCUT2D eigenvalue weighted by molar-refractivity contribution is 0.567. The Bertz CT molecular complexity index is 503. The standard InChI is InChI=1S/C15H27N3O2S/c1-3-5-6-7-8-9-13-18-21(19,20)14-11-10-12-17-15(14)16-4-2/h10-12,18H,3-9,13H2,1-2H3,(H,16,17). The molecule has 0 unspecified atom stereocenters. The Morgan fingerprint density at radius 2 is 1.81 bits per heavy atom. The quantitative estimate of drug-likeness (QED) is 0.616. The summed E-state index contributed by atoms with van der Waals surface area (Å²) in [6.45, 7) is 5.21. The number of anilines is 1. The molecule has 1 heterocycles. The van der Waals surface area contributed by atoms with Crippen LogP contribution in [0.25, 0.3) is 0 Å². The fraction of sp³-hybridized carbons (Fsp3) is 0.667. The third-order valence-corrected chi connectivity index (χ3v) is 4.72. The van der Waals surface area contributed by atoms with Gasteiger partial charge in [0.1, 0.15) is 10.7 Å². The number of hydrogen-bond donors (Lipinski definition) is 2. The van der Waals surface area contributed by atoms with Gasteiger partial charge < -0.3 is 5.32 Å². The molecule has 0 radical (unpaired) electrons. The summed E-state index contributed by atoms with van der Waals surface area (Å²) in [7, 11) is -3.49. The van der Waals surface area contributed by atoms with E-state index in [0.29, 0.717) is 18.9 Å². The molecular weight excluding hydrogens is 286 g/mol. The summed E-state index contributed by atoms with van der Waals surface area (Å²) in [4.78, 5) is 4.30. The van der Waals surface area contributed by atoms with E-state index in [0.717, 1.165) is 12.8 Å². The molecule has 0 fully saturated rings. The molecule has 0 aliphatic heterocycles. The minimum absolute atomic E-state index is 0.220. The first kappa shape index (κ1) is 17.9. The summed E-state index contributed by atoms with van der Waals surface area (Å²) in [5.41, 5.74) is 0. The van der Waals surface area contributed by atoms with Gasteiger partial charge in [0.15, 0.2) is 0 Å². The van der Waals surface area contributed by atoms with E-state index in [4.69, 9.17) is 0 Å². The Morgan fingerprint density at radius 3 is 2.52 bits per heavy atom. The van der Waals surface area contributed by atoms with Gasteiger partial charge in [-0.05, 0) is 25.5 Å². The van der Waals surface area contributed by atoms with Crippen molar-refractivity contribution in [3.63, 3.8) is 0 Å². The smallest absolute Gasteiger partial charge is 0.244 e. The monoisotopic (exact) mass is 313 g/mol. The molecule has 2 N–H and O–H groups in total. The van der Waals surface area contributed by atoms with Crippen LogP contribution < -0.4 is 10.0 Å². The van der Waals surface area contributed by atoms with Gasteiger partial charge in [0.25, 0.3) is 0 Å². The van der Waals surface area contributed by atoms with Crippen molar-refractivity contribution < 1.29 is 8.42 Å². The molecule has 0 aromatic carbocycles. The molecule has 0 saturated carbocycles. The molecule has 0 atom stereocenters. The van der Waals surface area contributed by atoms with Gasteiger partial charge in [-0.15, -0.1) is 0 Å². The second kappa shape index (κ2) is 9.73. The van der Waals surface area contributed by atoms with Crippen molar-refractivity contribution >= 4 is 15.8 Å². The van der Waals surface area contributed by atoms with Gasteiger partial charge in [-0.1, -0.05) is 39.0 Å². The average molecular weight is 313 g/mol. The van der Waals surface area contributed by atoms with E-state index in [1.807, 2.05) is 6.92 Å². The van der Waals surface area contributed by atoms with E-state index in [2.05, 4.69) is 21.9 Å². The molecule has 0 aliphatic carbocycles. The highest BCUT2D eigenvalue weighted by molar-refractivity contribution is 7.89. The zero-order valence-electron chi connectivity index (χ0n) is 13.1. The molecule has 120 valence electrons. The molecule has 21 heavy (non-hydrogen) atoms. The van der Waals surface area contributed by atoms with Gasteiger partial charge in [0, 0.05) is 19.3 Å². The lowest BCUT2D eigenvalue weighted by Gasteiger charge is -2.11. The van der Waals surface area contributed by atoms with E-state index < -0.39 is 10.0 Å². The molecule has 0 amide bonds. The molecule has 0 aliphatic rings. The third kappa shape index (κ3) is 6.44. The highest BCUT2D eigenvalue weighted by Crippen LogP contribution is 2.17. The van der Waals surface area contributed by atoms with Crippen LogP contribution >= 0.6 is 0 Å².